The molecular weight excluding hydrogens is 206 g/mol. The Kier molecular flexibility index (Phi) is 3.91. The minimum absolute atomic E-state index is 0.251. The quantitative estimate of drug-likeness (QED) is 0.857. The van der Waals surface area contributed by atoms with E-state index in [4.69, 9.17) is 0 Å². The van der Waals surface area contributed by atoms with Crippen molar-refractivity contribution in [1.29, 1.82) is 0 Å². The summed E-state index contributed by atoms with van der Waals surface area (Å²) in [7, 11) is -0.904. The maximum Gasteiger partial charge on any atom is 0.0498 e. The SMILES string of the molecule is CS(=O)c1cccc(NCC(C)(C)C)c1. The molecule has 0 saturated heterocycles. The van der Waals surface area contributed by atoms with Crippen LogP contribution in [0, 0.1) is 5.41 Å². The average Bonchev–Trinajstić information content (AvgIpc) is 2.14. The Morgan fingerprint density at radius 1 is 1.33 bits per heavy atom. The molecule has 3 heteroatoms. The van der Waals surface area contributed by atoms with Crippen molar-refractivity contribution in [3.8, 4) is 0 Å². The second kappa shape index (κ2) is 4.79. The third kappa shape index (κ3) is 4.47. The summed E-state index contributed by atoms with van der Waals surface area (Å²) < 4.78 is 11.3. The van der Waals surface area contributed by atoms with Gasteiger partial charge in [0.25, 0.3) is 0 Å². The molecule has 1 rings (SSSR count). The molecule has 15 heavy (non-hydrogen) atoms. The van der Waals surface area contributed by atoms with Gasteiger partial charge in [0.05, 0.1) is 0 Å². The zero-order valence-electron chi connectivity index (χ0n) is 9.83. The van der Waals surface area contributed by atoms with Crippen molar-refractivity contribution >= 4 is 16.5 Å². The van der Waals surface area contributed by atoms with E-state index >= 15 is 0 Å². The third-order valence-electron chi connectivity index (χ3n) is 1.99. The molecular formula is C12H19NOS. The van der Waals surface area contributed by atoms with Crippen LogP contribution in [0.2, 0.25) is 0 Å². The van der Waals surface area contributed by atoms with E-state index in [1.165, 1.54) is 0 Å². The summed E-state index contributed by atoms with van der Waals surface area (Å²) in [5, 5.41) is 3.35. The Labute approximate surface area is 94.5 Å². The third-order valence-corrected chi connectivity index (χ3v) is 2.91. The molecule has 0 aliphatic heterocycles. The van der Waals surface area contributed by atoms with Crippen molar-refractivity contribution in [2.45, 2.75) is 25.7 Å². The van der Waals surface area contributed by atoms with E-state index in [0.29, 0.717) is 0 Å². The van der Waals surface area contributed by atoms with Gasteiger partial charge in [-0.25, -0.2) is 0 Å². The van der Waals surface area contributed by atoms with Gasteiger partial charge in [-0.05, 0) is 23.6 Å². The molecule has 0 fully saturated rings. The maximum atomic E-state index is 11.3. The summed E-state index contributed by atoms with van der Waals surface area (Å²) in [6, 6.07) is 7.77. The monoisotopic (exact) mass is 225 g/mol. The topological polar surface area (TPSA) is 29.1 Å². The Morgan fingerprint density at radius 3 is 2.53 bits per heavy atom. The summed E-state index contributed by atoms with van der Waals surface area (Å²) in [4.78, 5) is 0.869. The number of rotatable bonds is 3. The Bertz CT molecular complexity index is 355. The fourth-order valence-corrected chi connectivity index (χ4v) is 1.72. The van der Waals surface area contributed by atoms with Crippen LogP contribution < -0.4 is 5.32 Å². The van der Waals surface area contributed by atoms with Crippen molar-refractivity contribution < 1.29 is 4.21 Å². The lowest BCUT2D eigenvalue weighted by Gasteiger charge is -2.19. The first kappa shape index (κ1) is 12.2. The van der Waals surface area contributed by atoms with Crippen molar-refractivity contribution in [2.75, 3.05) is 18.1 Å². The minimum atomic E-state index is -0.904. The second-order valence-corrected chi connectivity index (χ2v) is 6.28. The van der Waals surface area contributed by atoms with Crippen LogP contribution in [0.25, 0.3) is 0 Å². The van der Waals surface area contributed by atoms with Crippen LogP contribution in [0.3, 0.4) is 0 Å². The highest BCUT2D eigenvalue weighted by Crippen LogP contribution is 2.17. The first-order valence-corrected chi connectivity index (χ1v) is 6.62. The molecule has 0 aliphatic carbocycles. The predicted octanol–water partition coefficient (Wildman–Crippen LogP) is 2.88. The minimum Gasteiger partial charge on any atom is -0.384 e. The van der Waals surface area contributed by atoms with Gasteiger partial charge in [0.1, 0.15) is 0 Å². The molecule has 84 valence electrons. The molecule has 0 aromatic heterocycles. The normalized spacial score (nSPS) is 13.6. The molecule has 0 amide bonds. The van der Waals surface area contributed by atoms with E-state index < -0.39 is 10.8 Å². The summed E-state index contributed by atoms with van der Waals surface area (Å²) in [6.45, 7) is 7.46. The van der Waals surface area contributed by atoms with E-state index in [0.717, 1.165) is 17.1 Å². The van der Waals surface area contributed by atoms with E-state index in [9.17, 15) is 4.21 Å². The van der Waals surface area contributed by atoms with E-state index in [1.54, 1.807) is 6.26 Å². The smallest absolute Gasteiger partial charge is 0.0498 e. The lowest BCUT2D eigenvalue weighted by atomic mass is 9.97. The second-order valence-electron chi connectivity index (χ2n) is 4.90. The number of hydrogen-bond acceptors (Lipinski definition) is 2. The largest absolute Gasteiger partial charge is 0.384 e. The van der Waals surface area contributed by atoms with E-state index in [2.05, 4.69) is 26.1 Å². The van der Waals surface area contributed by atoms with Gasteiger partial charge in [-0.3, -0.25) is 4.21 Å². The molecule has 0 heterocycles. The number of hydrogen-bond donors (Lipinski definition) is 1. The van der Waals surface area contributed by atoms with Gasteiger partial charge >= 0.3 is 0 Å². The lowest BCUT2D eigenvalue weighted by molar-refractivity contribution is 0.443. The molecule has 0 saturated carbocycles. The van der Waals surface area contributed by atoms with Gasteiger partial charge in [-0.2, -0.15) is 0 Å². The van der Waals surface area contributed by atoms with Crippen LogP contribution in [-0.2, 0) is 10.8 Å². The Balaban J connectivity index is 2.70. The molecule has 2 nitrogen and oxygen atoms in total. The van der Waals surface area contributed by atoms with Crippen LogP contribution in [0.4, 0.5) is 5.69 Å². The Morgan fingerprint density at radius 2 is 2.00 bits per heavy atom. The van der Waals surface area contributed by atoms with Gasteiger partial charge in [-0.15, -0.1) is 0 Å². The average molecular weight is 225 g/mol. The number of nitrogens with one attached hydrogen (secondary N) is 1. The molecule has 1 aromatic rings. The fraction of sp³-hybridized carbons (Fsp3) is 0.500. The predicted molar refractivity (Wildman–Crippen MR) is 66.7 cm³/mol. The lowest BCUT2D eigenvalue weighted by Crippen LogP contribution is -2.18. The molecule has 0 aliphatic rings. The Hall–Kier alpha value is -0.830. The first-order valence-electron chi connectivity index (χ1n) is 5.06. The molecule has 1 unspecified atom stereocenters. The molecule has 0 spiro atoms. The summed E-state index contributed by atoms with van der Waals surface area (Å²) in [5.41, 5.74) is 1.29. The van der Waals surface area contributed by atoms with Crippen LogP contribution in [0.1, 0.15) is 20.8 Å². The highest BCUT2D eigenvalue weighted by Gasteiger charge is 2.09. The van der Waals surface area contributed by atoms with Crippen LogP contribution in [-0.4, -0.2) is 17.0 Å². The van der Waals surface area contributed by atoms with Crippen LogP contribution in [0.15, 0.2) is 29.2 Å². The molecule has 1 N–H and O–H groups in total. The number of benzene rings is 1. The van der Waals surface area contributed by atoms with Gasteiger partial charge in [0.15, 0.2) is 0 Å². The molecule has 1 atom stereocenters. The summed E-state index contributed by atoms with van der Waals surface area (Å²) >= 11 is 0. The zero-order chi connectivity index (χ0) is 11.5. The summed E-state index contributed by atoms with van der Waals surface area (Å²) in [6.07, 6.45) is 1.70. The summed E-state index contributed by atoms with van der Waals surface area (Å²) in [5.74, 6) is 0. The molecule has 0 bridgehead atoms. The highest BCUT2D eigenvalue weighted by molar-refractivity contribution is 7.84. The van der Waals surface area contributed by atoms with Crippen molar-refractivity contribution in [3.63, 3.8) is 0 Å². The molecule has 0 radical (unpaired) electrons. The zero-order valence-corrected chi connectivity index (χ0v) is 10.6. The highest BCUT2D eigenvalue weighted by atomic mass is 32.2. The van der Waals surface area contributed by atoms with Crippen LogP contribution >= 0.6 is 0 Å². The molecule has 1 aromatic carbocycles. The van der Waals surface area contributed by atoms with Crippen LogP contribution in [0.5, 0.6) is 0 Å². The fourth-order valence-electron chi connectivity index (χ4n) is 1.15. The van der Waals surface area contributed by atoms with Gasteiger partial charge in [-0.1, -0.05) is 26.8 Å². The van der Waals surface area contributed by atoms with Crippen molar-refractivity contribution in [1.82, 2.24) is 0 Å². The van der Waals surface area contributed by atoms with Gasteiger partial charge in [0, 0.05) is 34.2 Å². The standard InChI is InChI=1S/C12H19NOS/c1-12(2,3)9-13-10-6-5-7-11(8-10)15(4)14/h5-8,13H,9H2,1-4H3. The van der Waals surface area contributed by atoms with E-state index in [1.807, 2.05) is 24.3 Å². The first-order chi connectivity index (χ1) is 6.88. The van der Waals surface area contributed by atoms with Gasteiger partial charge in [0.2, 0.25) is 0 Å². The van der Waals surface area contributed by atoms with Crippen molar-refractivity contribution in [2.24, 2.45) is 5.41 Å². The van der Waals surface area contributed by atoms with Crippen molar-refractivity contribution in [3.05, 3.63) is 24.3 Å². The number of anilines is 1. The van der Waals surface area contributed by atoms with Gasteiger partial charge < -0.3 is 5.32 Å². The van der Waals surface area contributed by atoms with E-state index in [-0.39, 0.29) is 5.41 Å². The maximum absolute atomic E-state index is 11.3.